The molecule has 1 aliphatic heterocycles. The van der Waals surface area contributed by atoms with Crippen molar-refractivity contribution in [3.63, 3.8) is 0 Å². The average molecular weight is 625 g/mol. The fourth-order valence-corrected chi connectivity index (χ4v) is 7.20. The van der Waals surface area contributed by atoms with E-state index in [4.69, 9.17) is 0 Å². The van der Waals surface area contributed by atoms with Crippen molar-refractivity contribution in [1.82, 2.24) is 19.4 Å². The van der Waals surface area contributed by atoms with Crippen LogP contribution in [0.15, 0.2) is 85.3 Å². The van der Waals surface area contributed by atoms with Gasteiger partial charge in [-0.1, -0.05) is 61.7 Å². The number of aromatic amines is 1. The first-order chi connectivity index (χ1) is 23.1. The van der Waals surface area contributed by atoms with Crippen molar-refractivity contribution in [2.75, 3.05) is 18.0 Å². The van der Waals surface area contributed by atoms with Crippen LogP contribution in [0.5, 0.6) is 0 Å². The molecule has 2 fully saturated rings. The van der Waals surface area contributed by atoms with Gasteiger partial charge >= 0.3 is 0 Å². The molecular weight excluding hydrogens is 584 g/mol. The summed E-state index contributed by atoms with van der Waals surface area (Å²) in [6.07, 6.45) is 11.9. The third kappa shape index (κ3) is 6.44. The molecule has 0 bridgehead atoms. The summed E-state index contributed by atoms with van der Waals surface area (Å²) in [7, 11) is 0. The van der Waals surface area contributed by atoms with Crippen molar-refractivity contribution in [2.45, 2.75) is 64.5 Å². The lowest BCUT2D eigenvalue weighted by atomic mass is 9.88. The molecule has 8 heteroatoms. The molecule has 2 aromatic heterocycles. The maximum absolute atomic E-state index is 14.4. The van der Waals surface area contributed by atoms with E-state index in [9.17, 15) is 14.9 Å². The second-order valence-corrected chi connectivity index (χ2v) is 12.9. The number of imidazole rings is 1. The minimum atomic E-state index is -0.0228. The Labute approximate surface area is 275 Å². The lowest BCUT2D eigenvalue weighted by Gasteiger charge is -2.30. The molecule has 0 spiro atoms. The van der Waals surface area contributed by atoms with Crippen molar-refractivity contribution >= 4 is 28.4 Å². The molecule has 0 radical (unpaired) electrons. The van der Waals surface area contributed by atoms with Crippen LogP contribution >= 0.6 is 0 Å². The highest BCUT2D eigenvalue weighted by atomic mass is 16.2. The Balaban J connectivity index is 1.28. The van der Waals surface area contributed by atoms with Crippen LogP contribution in [-0.2, 0) is 17.9 Å². The highest BCUT2D eigenvalue weighted by molar-refractivity contribution is 6.11. The number of carbonyl (C=O) groups is 2. The number of hydrogen-bond acceptors (Lipinski definition) is 4. The van der Waals surface area contributed by atoms with Crippen LogP contribution in [0.3, 0.4) is 0 Å². The summed E-state index contributed by atoms with van der Waals surface area (Å²) in [6, 6.07) is 25.9. The molecule has 1 saturated carbocycles. The largest absolute Gasteiger partial charge is 0.350 e. The molecule has 47 heavy (non-hydrogen) atoms. The second kappa shape index (κ2) is 13.7. The van der Waals surface area contributed by atoms with E-state index in [-0.39, 0.29) is 17.7 Å². The Hall–Kier alpha value is -5.16. The van der Waals surface area contributed by atoms with E-state index in [1.54, 1.807) is 6.33 Å². The van der Waals surface area contributed by atoms with Gasteiger partial charge < -0.3 is 19.4 Å². The number of nitrogens with zero attached hydrogens (tertiary/aromatic N) is 5. The third-order valence-corrected chi connectivity index (χ3v) is 9.79. The van der Waals surface area contributed by atoms with E-state index in [0.29, 0.717) is 24.3 Å². The van der Waals surface area contributed by atoms with Crippen molar-refractivity contribution in [3.05, 3.63) is 108 Å². The van der Waals surface area contributed by atoms with Crippen molar-refractivity contribution in [2.24, 2.45) is 5.92 Å². The predicted molar refractivity (Wildman–Crippen MR) is 184 cm³/mol. The third-order valence-electron chi connectivity index (χ3n) is 9.79. The number of fused-ring (bicyclic) bond motifs is 1. The van der Waals surface area contributed by atoms with Crippen molar-refractivity contribution in [1.29, 1.82) is 5.26 Å². The number of anilines is 1. The number of aromatic nitrogens is 3. The number of nitriles is 1. The van der Waals surface area contributed by atoms with Gasteiger partial charge in [0.1, 0.15) is 5.69 Å². The van der Waals surface area contributed by atoms with Crippen molar-refractivity contribution < 1.29 is 9.59 Å². The van der Waals surface area contributed by atoms with Gasteiger partial charge in [0.05, 0.1) is 30.2 Å². The fourth-order valence-electron chi connectivity index (χ4n) is 7.20. The van der Waals surface area contributed by atoms with E-state index in [1.165, 1.54) is 6.42 Å². The molecule has 3 aromatic carbocycles. The molecule has 1 N–H and O–H groups in total. The number of carbonyl (C=O) groups excluding carboxylic acids is 2. The quantitative estimate of drug-likeness (QED) is 0.191. The van der Waals surface area contributed by atoms with Gasteiger partial charge in [0.2, 0.25) is 5.91 Å². The minimum Gasteiger partial charge on any atom is -0.350 e. The van der Waals surface area contributed by atoms with Crippen LogP contribution in [0.25, 0.3) is 22.0 Å². The first-order valence-electron chi connectivity index (χ1n) is 16.9. The van der Waals surface area contributed by atoms with Crippen LogP contribution < -0.4 is 4.90 Å². The van der Waals surface area contributed by atoms with Gasteiger partial charge in [0.25, 0.3) is 5.91 Å². The van der Waals surface area contributed by atoms with Gasteiger partial charge in [-0.3, -0.25) is 9.59 Å². The van der Waals surface area contributed by atoms with Crippen LogP contribution in [0.1, 0.15) is 78.7 Å². The molecule has 238 valence electrons. The molecule has 2 aliphatic rings. The van der Waals surface area contributed by atoms with E-state index in [2.05, 4.69) is 38.8 Å². The van der Waals surface area contributed by atoms with E-state index >= 15 is 0 Å². The monoisotopic (exact) mass is 624 g/mol. The Kier molecular flexibility index (Phi) is 8.87. The minimum absolute atomic E-state index is 0.0228. The van der Waals surface area contributed by atoms with Gasteiger partial charge in [0.15, 0.2) is 0 Å². The molecule has 0 atom stereocenters. The molecule has 3 heterocycles. The zero-order chi connectivity index (χ0) is 32.2. The number of nitrogens with one attached hydrogen (secondary N) is 1. The van der Waals surface area contributed by atoms with Gasteiger partial charge in [-0.05, 0) is 73.6 Å². The van der Waals surface area contributed by atoms with E-state index in [0.717, 1.165) is 97.0 Å². The SMILES string of the molecule is N#Cc1ccc(Cn2cncc2CN(C(=O)C2CCCCC2)c2ccc3[nH]c(C(=O)N4CCCCC4)c(-c4ccccc4)c3c2)cc1. The predicted octanol–water partition coefficient (Wildman–Crippen LogP) is 7.69. The topological polar surface area (TPSA) is 98.0 Å². The summed E-state index contributed by atoms with van der Waals surface area (Å²) >= 11 is 0. The number of amides is 2. The van der Waals surface area contributed by atoms with E-state index in [1.807, 2.05) is 70.6 Å². The maximum Gasteiger partial charge on any atom is 0.270 e. The maximum atomic E-state index is 14.4. The molecule has 8 nitrogen and oxygen atoms in total. The molecule has 5 aromatic rings. The Morgan fingerprint density at radius 1 is 0.915 bits per heavy atom. The summed E-state index contributed by atoms with van der Waals surface area (Å²) < 4.78 is 2.07. The average Bonchev–Trinajstić information content (AvgIpc) is 3.75. The first kappa shape index (κ1) is 30.5. The second-order valence-electron chi connectivity index (χ2n) is 12.9. The number of H-pyrrole nitrogens is 1. The van der Waals surface area contributed by atoms with Gasteiger partial charge in [-0.25, -0.2) is 4.98 Å². The fraction of sp³-hybridized carbons (Fsp3) is 0.333. The molecular formula is C39H40N6O2. The Morgan fingerprint density at radius 2 is 1.66 bits per heavy atom. The Bertz CT molecular complexity index is 1900. The standard InChI is InChI=1S/C39H40N6O2/c40-23-28-14-16-29(17-15-28)25-44-27-41-24-33(44)26-45(38(46)31-12-6-2-7-13-31)32-18-19-35-34(22-32)36(30-10-4-1-5-11-30)37(42-35)39(47)43-20-8-3-9-21-43/h1,4-5,10-11,14-19,22,24,27,31,42H,2-3,6-9,12-13,20-21,25-26H2. The summed E-state index contributed by atoms with van der Waals surface area (Å²) in [5.74, 6) is 0.144. The highest BCUT2D eigenvalue weighted by Gasteiger charge is 2.30. The zero-order valence-electron chi connectivity index (χ0n) is 26.7. The number of likely N-dealkylation sites (tertiary alicyclic amines) is 1. The number of benzene rings is 3. The molecule has 0 unspecified atom stereocenters. The van der Waals surface area contributed by atoms with Gasteiger partial charge in [-0.15, -0.1) is 0 Å². The van der Waals surface area contributed by atoms with Crippen LogP contribution in [0.2, 0.25) is 0 Å². The smallest absolute Gasteiger partial charge is 0.270 e. The summed E-state index contributed by atoms with van der Waals surface area (Å²) in [4.78, 5) is 40.2. The summed E-state index contributed by atoms with van der Waals surface area (Å²) in [5.41, 5.74) is 6.76. The van der Waals surface area contributed by atoms with Crippen LogP contribution in [0.4, 0.5) is 5.69 Å². The molecule has 7 rings (SSSR count). The zero-order valence-corrected chi connectivity index (χ0v) is 26.7. The molecule has 2 amide bonds. The van der Waals surface area contributed by atoms with Gasteiger partial charge in [0, 0.05) is 53.9 Å². The summed E-state index contributed by atoms with van der Waals surface area (Å²) in [6.45, 7) is 2.51. The summed E-state index contributed by atoms with van der Waals surface area (Å²) in [5, 5.41) is 10.1. The van der Waals surface area contributed by atoms with Gasteiger partial charge in [-0.2, -0.15) is 5.26 Å². The number of hydrogen-bond donors (Lipinski definition) is 1. The normalized spacial score (nSPS) is 15.4. The van der Waals surface area contributed by atoms with Crippen molar-refractivity contribution in [3.8, 4) is 17.2 Å². The lowest BCUT2D eigenvalue weighted by molar-refractivity contribution is -0.123. The lowest BCUT2D eigenvalue weighted by Crippen LogP contribution is -2.37. The van der Waals surface area contributed by atoms with E-state index < -0.39 is 0 Å². The molecule has 1 saturated heterocycles. The number of piperidine rings is 1. The number of rotatable bonds is 8. The molecule has 1 aliphatic carbocycles. The van der Waals surface area contributed by atoms with Crippen LogP contribution in [-0.4, -0.2) is 44.3 Å². The van der Waals surface area contributed by atoms with Crippen LogP contribution in [0, 0.1) is 17.2 Å². The highest BCUT2D eigenvalue weighted by Crippen LogP contribution is 2.37. The first-order valence-corrected chi connectivity index (χ1v) is 16.9. The Morgan fingerprint density at radius 3 is 2.40 bits per heavy atom.